The first-order valence-electron chi connectivity index (χ1n) is 30.2. The minimum absolute atomic E-state index is 0.00663. The zero-order valence-electron chi connectivity index (χ0n) is 51.3. The van der Waals surface area contributed by atoms with Gasteiger partial charge in [0.25, 0.3) is 0 Å². The van der Waals surface area contributed by atoms with Crippen LogP contribution >= 0.6 is 0 Å². The van der Waals surface area contributed by atoms with Crippen molar-refractivity contribution in [2.75, 3.05) is 26.3 Å². The van der Waals surface area contributed by atoms with Crippen molar-refractivity contribution in [3.8, 4) is 0 Å². The lowest BCUT2D eigenvalue weighted by Gasteiger charge is -2.32. The number of carbonyl (C=O) groups excluding carboxylic acids is 9. The number of unbranched alkanes of at least 4 members (excludes halogenated alkanes) is 3. The number of hydrogen-bond acceptors (Lipinski definition) is 16. The number of nitrogens with two attached hydrogens (primary N) is 1. The highest BCUT2D eigenvalue weighted by Crippen LogP contribution is 2.22. The third kappa shape index (κ3) is 26.4. The van der Waals surface area contributed by atoms with Crippen LogP contribution in [0.3, 0.4) is 0 Å². The smallest absolute Gasteiger partial charge is 0.326 e. The van der Waals surface area contributed by atoms with Gasteiger partial charge in [-0.15, -0.1) is 0 Å². The average Bonchev–Trinajstić information content (AvgIpc) is 4.03. The maximum atomic E-state index is 14.4. The van der Waals surface area contributed by atoms with E-state index in [4.69, 9.17) is 5.73 Å². The van der Waals surface area contributed by atoms with Crippen molar-refractivity contribution < 1.29 is 83.4 Å². The van der Waals surface area contributed by atoms with Crippen molar-refractivity contribution in [2.24, 2.45) is 23.5 Å². The molecule has 27 heteroatoms. The Morgan fingerprint density at radius 2 is 1.00 bits per heavy atom. The van der Waals surface area contributed by atoms with Crippen LogP contribution in [-0.2, 0) is 65.6 Å². The van der Waals surface area contributed by atoms with E-state index in [0.717, 1.165) is 24.2 Å². The highest BCUT2D eigenvalue weighted by Gasteiger charge is 2.44. The van der Waals surface area contributed by atoms with Gasteiger partial charge in [-0.05, 0) is 67.5 Å². The van der Waals surface area contributed by atoms with Crippen molar-refractivity contribution in [2.45, 2.75) is 198 Å². The molecule has 1 saturated heterocycles. The number of amides is 9. The number of carbonyl (C=O) groups is 11. The van der Waals surface area contributed by atoms with Crippen molar-refractivity contribution in [3.63, 3.8) is 0 Å². The minimum atomic E-state index is -1.79. The lowest BCUT2D eigenvalue weighted by atomic mass is 10.00. The van der Waals surface area contributed by atoms with Crippen molar-refractivity contribution in [1.29, 1.82) is 0 Å². The molecule has 0 radical (unpaired) electrons. The number of benzene rings is 2. The Morgan fingerprint density at radius 3 is 1.50 bits per heavy atom. The summed E-state index contributed by atoms with van der Waals surface area (Å²) in [5, 5.41) is 81.6. The molecule has 0 aliphatic carbocycles. The third-order valence-corrected chi connectivity index (χ3v) is 14.7. The predicted molar refractivity (Wildman–Crippen MR) is 322 cm³/mol. The number of nitrogens with one attached hydrogen (secondary N) is 8. The fraction of sp³-hybridized carbons (Fsp3) is 0.623. The maximum Gasteiger partial charge on any atom is 0.326 e. The number of nitrogens with zero attached hydrogens (tertiary/aromatic N) is 1. The van der Waals surface area contributed by atoms with Crippen LogP contribution in [0.5, 0.6) is 0 Å². The second kappa shape index (κ2) is 38.6. The van der Waals surface area contributed by atoms with Crippen LogP contribution in [0.4, 0.5) is 0 Å². The summed E-state index contributed by atoms with van der Waals surface area (Å²) in [5.41, 5.74) is 6.69. The molecule has 3 rings (SSSR count). The Kier molecular flexibility index (Phi) is 32.8. The molecule has 2 aromatic carbocycles. The van der Waals surface area contributed by atoms with E-state index < -0.39 is 170 Å². The molecule has 27 nitrogen and oxygen atoms in total. The lowest BCUT2D eigenvalue weighted by Crippen LogP contribution is -2.62. The number of β-amino-alcohol motifs (C(OH)–C–C–N with tert-alkyl or cyclic N) is 1. The van der Waals surface area contributed by atoms with E-state index in [1.165, 1.54) is 13.8 Å². The molecule has 88 heavy (non-hydrogen) atoms. The Labute approximate surface area is 513 Å². The van der Waals surface area contributed by atoms with Crippen LogP contribution in [-0.4, -0.2) is 194 Å². The largest absolute Gasteiger partial charge is 0.481 e. The first kappa shape index (κ1) is 74.7. The van der Waals surface area contributed by atoms with E-state index in [1.54, 1.807) is 74.5 Å². The summed E-state index contributed by atoms with van der Waals surface area (Å²) in [6.45, 7) is 8.57. The predicted octanol–water partition coefficient (Wildman–Crippen LogP) is -0.956. The van der Waals surface area contributed by atoms with Gasteiger partial charge in [-0.25, -0.2) is 4.79 Å². The fourth-order valence-electron chi connectivity index (χ4n) is 9.90. The number of hydrogen-bond donors (Lipinski definition) is 15. The Bertz CT molecular complexity index is 2600. The van der Waals surface area contributed by atoms with Gasteiger partial charge < -0.3 is 83.8 Å². The van der Waals surface area contributed by atoms with E-state index in [9.17, 15) is 83.4 Å². The number of rotatable bonds is 40. The zero-order valence-corrected chi connectivity index (χ0v) is 51.3. The van der Waals surface area contributed by atoms with E-state index in [1.807, 2.05) is 0 Å². The molecule has 1 aliphatic rings. The van der Waals surface area contributed by atoms with Gasteiger partial charge in [0, 0.05) is 25.8 Å². The molecule has 0 saturated carbocycles. The standard InChI is InChI=1S/C61H94N10O17/c1-35(2)18-10-7-15-23-40(74)30-50(76)63-46(31-51(77)78)56(82)67-45(28-39-21-13-9-14-22-39)55(81)68-48(34-73)58(84)70-52(37(5)6)60(86)71-32-41(75)29-49(71)59(85)69-47(33-72)57(83)65-43(26-36(3)4)53(79)66-44(27-38-19-11-8-12-20-38)54(80)64-42(61(87)88)24-16-17-25-62/h8-9,11-14,19-22,35-37,40-49,52,72-75H,7,10,15-18,23-34,62H2,1-6H3,(H,63,76)(H,64,80)(H,65,83)(H,66,79)(H,67,82)(H,68,81)(H,69,85)(H,70,84)(H,77,78)(H,87,88)/t40?,41-,42?,43-,44?,45?,46-,47+,48+,49+,52-/m1/s1. The Balaban J connectivity index is 1.78. The molecule has 9 amide bonds. The topological polar surface area (TPSA) is 435 Å². The molecule has 1 fully saturated rings. The average molecular weight is 1240 g/mol. The van der Waals surface area contributed by atoms with Crippen molar-refractivity contribution in [3.05, 3.63) is 71.8 Å². The number of aliphatic carboxylic acids is 2. The molecule has 0 spiro atoms. The first-order chi connectivity index (χ1) is 41.7. The molecule has 1 heterocycles. The van der Waals surface area contributed by atoms with E-state index in [-0.39, 0.29) is 38.0 Å². The summed E-state index contributed by atoms with van der Waals surface area (Å²) in [4.78, 5) is 150. The van der Waals surface area contributed by atoms with Crippen LogP contribution in [0.25, 0.3) is 0 Å². The van der Waals surface area contributed by atoms with E-state index in [0.29, 0.717) is 49.3 Å². The normalized spacial score (nSPS) is 17.0. The SMILES string of the molecule is CC(C)CCCCCC(O)CC(=O)N[C@H](CC(=O)O)C(=O)NC(Cc1ccccc1)C(=O)N[C@@H](CO)C(=O)N[C@@H](C(=O)N1C[C@H](O)C[C@H]1C(=O)N[C@@H](CO)C(=O)N[C@H](CC(C)C)C(=O)NC(Cc1ccccc1)C(=O)NC(CCCCN)C(=O)O)C(C)C. The summed E-state index contributed by atoms with van der Waals surface area (Å²) in [6.07, 6.45) is 0.350. The first-order valence-corrected chi connectivity index (χ1v) is 30.2. The molecule has 16 N–H and O–H groups in total. The monoisotopic (exact) mass is 1240 g/mol. The minimum Gasteiger partial charge on any atom is -0.481 e. The van der Waals surface area contributed by atoms with Crippen LogP contribution in [0.1, 0.15) is 130 Å². The maximum absolute atomic E-state index is 14.4. The summed E-state index contributed by atoms with van der Waals surface area (Å²) >= 11 is 0. The molecule has 490 valence electrons. The summed E-state index contributed by atoms with van der Waals surface area (Å²) in [7, 11) is 0. The van der Waals surface area contributed by atoms with E-state index in [2.05, 4.69) is 56.4 Å². The highest BCUT2D eigenvalue weighted by atomic mass is 16.4. The molecular formula is C61H94N10O17. The molecule has 1 aliphatic heterocycles. The van der Waals surface area contributed by atoms with Gasteiger partial charge in [-0.1, -0.05) is 128 Å². The number of aliphatic hydroxyl groups excluding tert-OH is 4. The molecule has 0 bridgehead atoms. The van der Waals surface area contributed by atoms with Crippen LogP contribution in [0.15, 0.2) is 60.7 Å². The Hall–Kier alpha value is -7.59. The second-order valence-corrected chi connectivity index (χ2v) is 23.6. The zero-order chi connectivity index (χ0) is 65.6. The second-order valence-electron chi connectivity index (χ2n) is 23.6. The third-order valence-electron chi connectivity index (χ3n) is 14.7. The van der Waals surface area contributed by atoms with Gasteiger partial charge >= 0.3 is 11.9 Å². The number of carboxylic acids is 2. The van der Waals surface area contributed by atoms with Gasteiger partial charge in [0.05, 0.1) is 38.3 Å². The molecule has 4 unspecified atom stereocenters. The number of carboxylic acid groups (broad SMARTS) is 2. The summed E-state index contributed by atoms with van der Waals surface area (Å²) < 4.78 is 0. The lowest BCUT2D eigenvalue weighted by molar-refractivity contribution is -0.144. The number of aliphatic hydroxyl groups is 4. The van der Waals surface area contributed by atoms with Crippen LogP contribution in [0.2, 0.25) is 0 Å². The quantitative estimate of drug-likeness (QED) is 0.0358. The van der Waals surface area contributed by atoms with Crippen LogP contribution in [0, 0.1) is 17.8 Å². The van der Waals surface area contributed by atoms with Gasteiger partial charge in [0.1, 0.15) is 54.4 Å². The molecular weight excluding hydrogens is 1140 g/mol. The Morgan fingerprint density at radius 1 is 0.534 bits per heavy atom. The van der Waals surface area contributed by atoms with Crippen LogP contribution < -0.4 is 48.3 Å². The number of likely N-dealkylation sites (tertiary alicyclic amines) is 1. The fourth-order valence-corrected chi connectivity index (χ4v) is 9.90. The molecule has 2 aromatic rings. The molecule has 0 aromatic heterocycles. The van der Waals surface area contributed by atoms with Crippen molar-refractivity contribution in [1.82, 2.24) is 47.4 Å². The molecule has 11 atom stereocenters. The summed E-state index contributed by atoms with van der Waals surface area (Å²) in [6, 6.07) is 3.02. The summed E-state index contributed by atoms with van der Waals surface area (Å²) in [5.74, 6) is -11.9. The van der Waals surface area contributed by atoms with Crippen molar-refractivity contribution >= 4 is 65.1 Å². The highest BCUT2D eigenvalue weighted by molar-refractivity contribution is 5.99. The van der Waals surface area contributed by atoms with E-state index >= 15 is 0 Å². The van der Waals surface area contributed by atoms with Gasteiger partial charge in [0.15, 0.2) is 0 Å². The van der Waals surface area contributed by atoms with Gasteiger partial charge in [-0.2, -0.15) is 0 Å². The van der Waals surface area contributed by atoms with Gasteiger partial charge in [0.2, 0.25) is 53.2 Å². The van der Waals surface area contributed by atoms with Gasteiger partial charge in [-0.3, -0.25) is 47.9 Å².